The molecule has 9 nitrogen and oxygen atoms in total. The molecule has 174 valence electrons. The van der Waals surface area contributed by atoms with Crippen molar-refractivity contribution in [3.8, 4) is 0 Å². The van der Waals surface area contributed by atoms with Crippen molar-refractivity contribution in [1.82, 2.24) is 0 Å². The van der Waals surface area contributed by atoms with Gasteiger partial charge in [0.2, 0.25) is 0 Å². The number of epoxide rings is 3. The lowest BCUT2D eigenvalue weighted by molar-refractivity contribution is -0.107. The molecule has 3 rings (SSSR count). The van der Waals surface area contributed by atoms with Crippen LogP contribution < -0.4 is 0 Å². The van der Waals surface area contributed by atoms with Crippen LogP contribution in [0.4, 0.5) is 0 Å². The van der Waals surface area contributed by atoms with Gasteiger partial charge in [-0.05, 0) is 0 Å². The molecular formula is C20H33ClO9. The van der Waals surface area contributed by atoms with Crippen LogP contribution in [0.1, 0.15) is 0 Å². The van der Waals surface area contributed by atoms with Crippen molar-refractivity contribution < 1.29 is 42.6 Å². The van der Waals surface area contributed by atoms with Crippen molar-refractivity contribution in [2.24, 2.45) is 0 Å². The van der Waals surface area contributed by atoms with E-state index in [1.165, 1.54) is 6.26 Å². The van der Waals surface area contributed by atoms with Gasteiger partial charge in [-0.1, -0.05) is 6.58 Å². The van der Waals surface area contributed by atoms with Gasteiger partial charge in [0, 0.05) is 0 Å². The molecule has 0 aromatic carbocycles. The summed E-state index contributed by atoms with van der Waals surface area (Å²) in [5.74, 6) is 0.342. The third-order valence-electron chi connectivity index (χ3n) is 4.55. The van der Waals surface area contributed by atoms with Gasteiger partial charge in [0.1, 0.15) is 37.1 Å². The van der Waals surface area contributed by atoms with Gasteiger partial charge in [0.05, 0.1) is 84.3 Å². The molecule has 3 aliphatic heterocycles. The summed E-state index contributed by atoms with van der Waals surface area (Å²) in [4.78, 5) is 0. The first-order chi connectivity index (χ1) is 14.8. The van der Waals surface area contributed by atoms with Crippen LogP contribution in [0.5, 0.6) is 0 Å². The van der Waals surface area contributed by atoms with Crippen molar-refractivity contribution in [2.45, 2.75) is 36.6 Å². The highest BCUT2D eigenvalue weighted by molar-refractivity contribution is 6.18. The Labute approximate surface area is 182 Å². The molecule has 0 aromatic rings. The molecule has 0 aromatic heterocycles. The van der Waals surface area contributed by atoms with Gasteiger partial charge < -0.3 is 42.6 Å². The molecule has 0 spiro atoms. The minimum absolute atomic E-state index is 0.180. The molecule has 0 saturated carbocycles. The minimum atomic E-state index is -0.261. The Morgan fingerprint density at radius 3 is 1.83 bits per heavy atom. The van der Waals surface area contributed by atoms with Gasteiger partial charge in [0.25, 0.3) is 0 Å². The Morgan fingerprint density at radius 1 is 0.733 bits per heavy atom. The van der Waals surface area contributed by atoms with Gasteiger partial charge in [0.15, 0.2) is 0 Å². The smallest absolute Gasteiger partial charge is 0.116 e. The van der Waals surface area contributed by atoms with Gasteiger partial charge in [-0.2, -0.15) is 0 Å². The Kier molecular flexibility index (Phi) is 11.1. The number of ether oxygens (including phenoxy) is 9. The second-order valence-electron chi connectivity index (χ2n) is 7.46. The van der Waals surface area contributed by atoms with Gasteiger partial charge in [-0.25, -0.2) is 0 Å². The molecule has 3 heterocycles. The SMILES string of the molecule is C=COCC(COCC(COCC1CO1)OCC(CCl)OCC1CO1)OCC1CO1. The number of rotatable bonds is 21. The van der Waals surface area contributed by atoms with Crippen molar-refractivity contribution in [2.75, 3.05) is 78.6 Å². The Bertz CT molecular complexity index is 471. The van der Waals surface area contributed by atoms with Crippen LogP contribution in [0.15, 0.2) is 12.8 Å². The zero-order valence-electron chi connectivity index (χ0n) is 17.3. The summed E-state index contributed by atoms with van der Waals surface area (Å²) < 4.78 is 49.8. The van der Waals surface area contributed by atoms with Gasteiger partial charge in [-0.3, -0.25) is 0 Å². The van der Waals surface area contributed by atoms with E-state index in [2.05, 4.69) is 6.58 Å². The number of hydrogen-bond acceptors (Lipinski definition) is 9. The van der Waals surface area contributed by atoms with Crippen molar-refractivity contribution in [3.05, 3.63) is 12.8 Å². The molecular weight excluding hydrogens is 420 g/mol. The van der Waals surface area contributed by atoms with E-state index in [0.29, 0.717) is 58.7 Å². The fourth-order valence-electron chi connectivity index (χ4n) is 2.49. The average Bonchev–Trinajstić information content (AvgIpc) is 3.61. The molecule has 10 heteroatoms. The maximum absolute atomic E-state index is 6.00. The van der Waals surface area contributed by atoms with Crippen LogP contribution in [-0.2, 0) is 42.6 Å². The van der Waals surface area contributed by atoms with E-state index < -0.39 is 0 Å². The van der Waals surface area contributed by atoms with Crippen LogP contribution >= 0.6 is 11.6 Å². The van der Waals surface area contributed by atoms with E-state index in [1.54, 1.807) is 0 Å². The van der Waals surface area contributed by atoms with Crippen LogP contribution in [0.3, 0.4) is 0 Å². The van der Waals surface area contributed by atoms with Gasteiger partial charge >= 0.3 is 0 Å². The molecule has 0 bridgehead atoms. The molecule has 3 aliphatic rings. The summed E-state index contributed by atoms with van der Waals surface area (Å²) in [5, 5.41) is 0. The Hall–Kier alpha value is -0.490. The molecule has 6 atom stereocenters. The highest BCUT2D eigenvalue weighted by Crippen LogP contribution is 2.13. The third-order valence-corrected chi connectivity index (χ3v) is 4.89. The summed E-state index contributed by atoms with van der Waals surface area (Å²) in [7, 11) is 0. The standard InChI is InChI=1S/C20H33ClO9/c1-2-22-4-16(27-12-20-14-30-20)5-23-6-17(7-24-8-18-10-28-18)26-9-15(3-21)25-11-19-13-29-19/h2,15-20H,1,3-14H2. The van der Waals surface area contributed by atoms with Crippen LogP contribution in [0, 0.1) is 0 Å². The van der Waals surface area contributed by atoms with Crippen molar-refractivity contribution in [3.63, 3.8) is 0 Å². The van der Waals surface area contributed by atoms with E-state index in [1.807, 2.05) is 0 Å². The predicted molar refractivity (Wildman–Crippen MR) is 107 cm³/mol. The van der Waals surface area contributed by atoms with E-state index >= 15 is 0 Å². The molecule has 0 radical (unpaired) electrons. The topological polar surface area (TPSA) is 93.0 Å². The lowest BCUT2D eigenvalue weighted by Crippen LogP contribution is -2.34. The van der Waals surface area contributed by atoms with Gasteiger partial charge in [-0.15, -0.1) is 11.6 Å². The molecule has 0 N–H and O–H groups in total. The Morgan fingerprint density at radius 2 is 1.27 bits per heavy atom. The summed E-state index contributed by atoms with van der Waals surface area (Å²) in [5.41, 5.74) is 0. The second-order valence-corrected chi connectivity index (χ2v) is 7.77. The van der Waals surface area contributed by atoms with E-state index in [4.69, 9.17) is 54.2 Å². The molecule has 0 aliphatic carbocycles. The summed E-state index contributed by atoms with van der Waals surface area (Å²) in [6.07, 6.45) is 1.27. The van der Waals surface area contributed by atoms with Crippen molar-refractivity contribution in [1.29, 1.82) is 0 Å². The van der Waals surface area contributed by atoms with E-state index in [0.717, 1.165) is 19.8 Å². The largest absolute Gasteiger partial charge is 0.499 e. The van der Waals surface area contributed by atoms with Crippen molar-refractivity contribution >= 4 is 11.6 Å². The number of halogens is 1. The predicted octanol–water partition coefficient (Wildman–Crippen LogP) is 0.771. The van der Waals surface area contributed by atoms with E-state index in [-0.39, 0.29) is 36.6 Å². The summed E-state index contributed by atoms with van der Waals surface area (Å²) >= 11 is 6.00. The molecule has 6 unspecified atom stereocenters. The Balaban J connectivity index is 1.35. The average molecular weight is 453 g/mol. The fraction of sp³-hybridized carbons (Fsp3) is 0.900. The first-order valence-corrected chi connectivity index (χ1v) is 10.9. The lowest BCUT2D eigenvalue weighted by atomic mass is 10.3. The third kappa shape index (κ3) is 11.2. The maximum atomic E-state index is 6.00. The zero-order chi connectivity index (χ0) is 21.0. The van der Waals surface area contributed by atoms with E-state index in [9.17, 15) is 0 Å². The highest BCUT2D eigenvalue weighted by atomic mass is 35.5. The number of alkyl halides is 1. The molecule has 0 amide bonds. The minimum Gasteiger partial charge on any atom is -0.499 e. The monoisotopic (exact) mass is 452 g/mol. The van der Waals surface area contributed by atoms with Crippen LogP contribution in [0.25, 0.3) is 0 Å². The zero-order valence-corrected chi connectivity index (χ0v) is 18.0. The van der Waals surface area contributed by atoms with Crippen LogP contribution in [0.2, 0.25) is 0 Å². The molecule has 3 fully saturated rings. The fourth-order valence-corrected chi connectivity index (χ4v) is 2.66. The second kappa shape index (κ2) is 13.8. The molecule has 30 heavy (non-hydrogen) atoms. The summed E-state index contributed by atoms with van der Waals surface area (Å²) in [6.45, 7) is 9.22. The quantitative estimate of drug-likeness (QED) is 0.142. The van der Waals surface area contributed by atoms with Crippen LogP contribution in [-0.4, -0.2) is 115 Å². The maximum Gasteiger partial charge on any atom is 0.116 e. The highest BCUT2D eigenvalue weighted by Gasteiger charge is 2.27. The first kappa shape index (κ1) is 24.2. The summed E-state index contributed by atoms with van der Waals surface area (Å²) in [6, 6.07) is 0. The lowest BCUT2D eigenvalue weighted by Gasteiger charge is -2.23. The first-order valence-electron chi connectivity index (χ1n) is 10.4. The number of hydrogen-bond donors (Lipinski definition) is 0. The normalized spacial score (nSPS) is 27.3. The molecule has 3 saturated heterocycles.